The summed E-state index contributed by atoms with van der Waals surface area (Å²) < 4.78 is 45.4. The molecule has 0 aromatic carbocycles. The lowest BCUT2D eigenvalue weighted by molar-refractivity contribution is -0.348. The Morgan fingerprint density at radius 1 is 0.448 bits per heavy atom. The number of rotatable bonds is 19. The molecule has 24 nitrogen and oxygen atoms in total. The third-order valence-electron chi connectivity index (χ3n) is 10.3. The van der Waals surface area contributed by atoms with Gasteiger partial charge >= 0.3 is 0 Å². The molecule has 0 aromatic heterocycles. The number of carbonyl (C=O) groups is 2. The molecule has 0 aromatic rings. The lowest BCUT2D eigenvalue weighted by atomic mass is 9.95. The van der Waals surface area contributed by atoms with Crippen molar-refractivity contribution in [3.63, 3.8) is 0 Å². The van der Waals surface area contributed by atoms with E-state index in [9.17, 15) is 70.9 Å². The van der Waals surface area contributed by atoms with Crippen molar-refractivity contribution in [3.8, 4) is 0 Å². The van der Waals surface area contributed by atoms with Gasteiger partial charge in [0.1, 0.15) is 97.5 Å². The average Bonchev–Trinajstić information content (AvgIpc) is 3.19. The van der Waals surface area contributed by atoms with Crippen LogP contribution in [0.2, 0.25) is 0 Å². The van der Waals surface area contributed by atoms with Gasteiger partial charge in [0.2, 0.25) is 11.8 Å². The predicted octanol–water partition coefficient (Wildman–Crippen LogP) is -7.88. The fraction of sp³-hybridized carbons (Fsp3) is 0.941. The van der Waals surface area contributed by atoms with Crippen LogP contribution in [0.15, 0.2) is 0 Å². The summed E-state index contributed by atoms with van der Waals surface area (Å²) in [4.78, 5) is 24.1. The predicted molar refractivity (Wildman–Crippen MR) is 186 cm³/mol. The SMILES string of the molecule is CC(=O)N[C@@H]1[C@@H](OCCCCCCO[C@@H]2O[C@H](CO)[C@@H](O[C@@H]3O[C@H](CO)[C@H](O)[C@H](O)[C@H]3O)[C@@H](O)[C@H]2NC(C)=O)O[C@@H](CO)[C@H](O[C@H]2O[C@@H](CO)[C@@H](O)[C@@H](O)[C@@H]2O)[C@@H]1O. The van der Waals surface area contributed by atoms with Crippen LogP contribution in [0.3, 0.4) is 0 Å². The Labute approximate surface area is 333 Å². The number of nitrogens with one attached hydrogen (secondary N) is 2. The highest BCUT2D eigenvalue weighted by molar-refractivity contribution is 5.73. The van der Waals surface area contributed by atoms with E-state index in [0.29, 0.717) is 25.7 Å². The Kier molecular flexibility index (Phi) is 19.2. The Morgan fingerprint density at radius 2 is 0.776 bits per heavy atom. The van der Waals surface area contributed by atoms with E-state index in [1.807, 2.05) is 0 Å². The first kappa shape index (κ1) is 48.8. The fourth-order valence-electron chi connectivity index (χ4n) is 7.16. The Bertz CT molecular complexity index is 1160. The van der Waals surface area contributed by atoms with E-state index in [-0.39, 0.29) is 13.2 Å². The molecule has 20 atom stereocenters. The van der Waals surface area contributed by atoms with Crippen LogP contribution in [0.4, 0.5) is 0 Å². The molecule has 0 radical (unpaired) electrons. The molecule has 0 unspecified atom stereocenters. The molecule has 0 saturated carbocycles. The van der Waals surface area contributed by atoms with Crippen molar-refractivity contribution in [2.45, 2.75) is 162 Å². The van der Waals surface area contributed by atoms with Crippen LogP contribution in [-0.4, -0.2) is 235 Å². The van der Waals surface area contributed by atoms with Crippen LogP contribution >= 0.6 is 0 Å². The van der Waals surface area contributed by atoms with Crippen LogP contribution in [0.5, 0.6) is 0 Å². The molecule has 0 spiro atoms. The van der Waals surface area contributed by atoms with E-state index >= 15 is 0 Å². The smallest absolute Gasteiger partial charge is 0.217 e. The standard InChI is InChI=1S/C34H60N2O22/c1-13(41)35-19-23(45)29(57-33-27(49)25(47)21(43)15(9-37)53-33)17(11-39)55-31(19)51-7-5-3-4-6-8-52-32-20(36-14(2)42)24(46)30(18(12-40)56-32)58-34-28(50)26(48)22(44)16(10-38)54-34/h15-34,37-40,43-50H,3-12H2,1-2H3,(H,35,41)(H,36,42)/t15-,16+,17-,18+,19-,20+,21+,22-,23+,24-,25+,26-,27-,28+,29-,30+,31-,32+,33+,34-. The first-order valence-corrected chi connectivity index (χ1v) is 19.2. The number of unbranched alkanes of at least 4 members (excludes halogenated alkanes) is 3. The average molecular weight is 849 g/mol. The van der Waals surface area contributed by atoms with E-state index in [1.165, 1.54) is 13.8 Å². The number of hydrogen-bond donors (Lipinski definition) is 14. The quantitative estimate of drug-likeness (QED) is 0.0537. The second-order valence-corrected chi connectivity index (χ2v) is 14.6. The summed E-state index contributed by atoms with van der Waals surface area (Å²) in [5.41, 5.74) is 0. The molecule has 4 aliphatic heterocycles. The molecule has 0 bridgehead atoms. The molecule has 4 aliphatic rings. The van der Waals surface area contributed by atoms with E-state index in [4.69, 9.17) is 37.9 Å². The van der Waals surface area contributed by atoms with Crippen LogP contribution in [0.25, 0.3) is 0 Å². The summed E-state index contributed by atoms with van der Waals surface area (Å²) in [6, 6.07) is -2.45. The van der Waals surface area contributed by atoms with E-state index in [2.05, 4.69) is 10.6 Å². The van der Waals surface area contributed by atoms with Crippen LogP contribution in [0, 0.1) is 0 Å². The molecule has 4 fully saturated rings. The van der Waals surface area contributed by atoms with Crippen molar-refractivity contribution < 1.29 is 109 Å². The van der Waals surface area contributed by atoms with Gasteiger partial charge in [-0.1, -0.05) is 12.8 Å². The third-order valence-corrected chi connectivity index (χ3v) is 10.3. The first-order valence-electron chi connectivity index (χ1n) is 19.2. The largest absolute Gasteiger partial charge is 0.394 e. The number of carbonyl (C=O) groups excluding carboxylic acids is 2. The molecular weight excluding hydrogens is 788 g/mol. The zero-order chi connectivity index (χ0) is 42.8. The minimum Gasteiger partial charge on any atom is -0.394 e. The van der Waals surface area contributed by atoms with Crippen molar-refractivity contribution in [3.05, 3.63) is 0 Å². The summed E-state index contributed by atoms with van der Waals surface area (Å²) in [6.45, 7) is -0.349. The van der Waals surface area contributed by atoms with Crippen molar-refractivity contribution in [1.29, 1.82) is 0 Å². The molecule has 4 saturated heterocycles. The Balaban J connectivity index is 1.26. The van der Waals surface area contributed by atoms with Crippen LogP contribution in [-0.2, 0) is 47.5 Å². The van der Waals surface area contributed by atoms with Crippen molar-refractivity contribution in [2.75, 3.05) is 39.6 Å². The number of hydrogen-bond acceptors (Lipinski definition) is 22. The van der Waals surface area contributed by atoms with Gasteiger partial charge < -0.3 is 110 Å². The topological polar surface area (TPSA) is 375 Å². The van der Waals surface area contributed by atoms with Gasteiger partial charge in [0.05, 0.1) is 26.4 Å². The maximum atomic E-state index is 12.0. The van der Waals surface area contributed by atoms with Gasteiger partial charge in [-0.05, 0) is 12.8 Å². The highest BCUT2D eigenvalue weighted by Crippen LogP contribution is 2.32. The van der Waals surface area contributed by atoms with Gasteiger partial charge in [-0.25, -0.2) is 0 Å². The lowest BCUT2D eigenvalue weighted by Gasteiger charge is -2.47. The van der Waals surface area contributed by atoms with Gasteiger partial charge in [0.15, 0.2) is 25.2 Å². The Hall–Kier alpha value is -1.86. The fourth-order valence-corrected chi connectivity index (χ4v) is 7.16. The minimum atomic E-state index is -1.80. The van der Waals surface area contributed by atoms with Crippen molar-refractivity contribution in [2.24, 2.45) is 0 Å². The summed E-state index contributed by atoms with van der Waals surface area (Å²) >= 11 is 0. The second-order valence-electron chi connectivity index (χ2n) is 14.6. The number of ether oxygens (including phenoxy) is 8. The van der Waals surface area contributed by atoms with E-state index in [0.717, 1.165) is 0 Å². The first-order chi connectivity index (χ1) is 27.6. The molecular formula is C34H60N2O22. The van der Waals surface area contributed by atoms with Crippen molar-refractivity contribution in [1.82, 2.24) is 10.6 Å². The summed E-state index contributed by atoms with van der Waals surface area (Å²) in [7, 11) is 0. The molecule has 0 aliphatic carbocycles. The number of amides is 2. The molecule has 4 heterocycles. The summed E-state index contributed by atoms with van der Waals surface area (Å²) in [6.07, 6.45) is -25.4. The maximum Gasteiger partial charge on any atom is 0.217 e. The van der Waals surface area contributed by atoms with Gasteiger partial charge in [-0.3, -0.25) is 9.59 Å². The van der Waals surface area contributed by atoms with Gasteiger partial charge in [0.25, 0.3) is 0 Å². The molecule has 2 amide bonds. The zero-order valence-corrected chi connectivity index (χ0v) is 32.1. The molecule has 24 heteroatoms. The summed E-state index contributed by atoms with van der Waals surface area (Å²) in [5, 5.41) is 128. The Morgan fingerprint density at radius 3 is 1.09 bits per heavy atom. The van der Waals surface area contributed by atoms with Gasteiger partial charge in [-0.2, -0.15) is 0 Å². The molecule has 338 valence electrons. The monoisotopic (exact) mass is 848 g/mol. The van der Waals surface area contributed by atoms with E-state index < -0.39 is 161 Å². The van der Waals surface area contributed by atoms with Crippen LogP contribution < -0.4 is 10.6 Å². The van der Waals surface area contributed by atoms with Crippen LogP contribution in [0.1, 0.15) is 39.5 Å². The van der Waals surface area contributed by atoms with E-state index in [1.54, 1.807) is 0 Å². The molecule has 14 N–H and O–H groups in total. The highest BCUT2D eigenvalue weighted by atomic mass is 16.7. The molecule has 58 heavy (non-hydrogen) atoms. The highest BCUT2D eigenvalue weighted by Gasteiger charge is 2.53. The lowest BCUT2D eigenvalue weighted by Crippen LogP contribution is -2.67. The molecule has 4 rings (SSSR count). The normalized spacial score (nSPS) is 43.5. The summed E-state index contributed by atoms with van der Waals surface area (Å²) in [5.74, 6) is -1.12. The third kappa shape index (κ3) is 11.9. The maximum absolute atomic E-state index is 12.0. The van der Waals surface area contributed by atoms with Crippen molar-refractivity contribution >= 4 is 11.8 Å². The second kappa shape index (κ2) is 22.8. The number of aliphatic hydroxyl groups is 12. The zero-order valence-electron chi connectivity index (χ0n) is 32.1. The van der Waals surface area contributed by atoms with Gasteiger partial charge in [-0.15, -0.1) is 0 Å². The minimum absolute atomic E-state index is 0.0707. The number of aliphatic hydroxyl groups excluding tert-OH is 12. The van der Waals surface area contributed by atoms with Gasteiger partial charge in [0, 0.05) is 27.1 Å².